The monoisotopic (exact) mass is 375 g/mol. The van der Waals surface area contributed by atoms with E-state index in [0.717, 1.165) is 24.8 Å². The van der Waals surface area contributed by atoms with Gasteiger partial charge in [0.2, 0.25) is 0 Å². The number of alkyl carbamates (subject to hydrolysis) is 1. The second kappa shape index (κ2) is 14.8. The zero-order valence-corrected chi connectivity index (χ0v) is 16.5. The SMILES string of the molecule is C=CCOC(=O)NC(Cc1ccccc1)C(=O)OCCCCCCCCC. The first kappa shape index (κ1) is 22.7. The van der Waals surface area contributed by atoms with Crippen molar-refractivity contribution in [1.29, 1.82) is 0 Å². The molecule has 0 radical (unpaired) electrons. The van der Waals surface area contributed by atoms with E-state index >= 15 is 0 Å². The van der Waals surface area contributed by atoms with Crippen LogP contribution in [0.15, 0.2) is 43.0 Å². The lowest BCUT2D eigenvalue weighted by Crippen LogP contribution is -2.43. The number of benzene rings is 1. The van der Waals surface area contributed by atoms with Gasteiger partial charge in [0.25, 0.3) is 0 Å². The zero-order valence-electron chi connectivity index (χ0n) is 16.5. The smallest absolute Gasteiger partial charge is 0.408 e. The molecule has 0 heterocycles. The van der Waals surface area contributed by atoms with E-state index in [4.69, 9.17) is 9.47 Å². The Morgan fingerprint density at radius 1 is 1.04 bits per heavy atom. The molecular formula is C22H33NO4. The number of carbonyl (C=O) groups excluding carboxylic acids is 2. The summed E-state index contributed by atoms with van der Waals surface area (Å²) in [6.45, 7) is 6.17. The lowest BCUT2D eigenvalue weighted by atomic mass is 10.1. The Kier molecular flexibility index (Phi) is 12.5. The van der Waals surface area contributed by atoms with Crippen molar-refractivity contribution in [3.05, 3.63) is 48.6 Å². The standard InChI is InChI=1S/C22H33NO4/c1-3-5-6-7-8-9-13-17-26-21(24)20(23-22(25)27-16-4-2)18-19-14-11-10-12-15-19/h4,10-12,14-15,20H,2-3,5-9,13,16-18H2,1H3,(H,23,25). The van der Waals surface area contributed by atoms with Crippen molar-refractivity contribution >= 4 is 12.1 Å². The summed E-state index contributed by atoms with van der Waals surface area (Å²) in [5.41, 5.74) is 0.944. The molecule has 1 amide bonds. The molecule has 1 rings (SSSR count). The van der Waals surface area contributed by atoms with E-state index in [1.54, 1.807) is 0 Å². The van der Waals surface area contributed by atoms with E-state index in [1.165, 1.54) is 31.8 Å². The maximum absolute atomic E-state index is 12.4. The fraction of sp³-hybridized carbons (Fsp3) is 0.545. The Morgan fingerprint density at radius 3 is 2.37 bits per heavy atom. The number of carbonyl (C=O) groups is 2. The van der Waals surface area contributed by atoms with Crippen molar-refractivity contribution in [2.45, 2.75) is 64.3 Å². The highest BCUT2D eigenvalue weighted by Gasteiger charge is 2.23. The van der Waals surface area contributed by atoms with Crippen molar-refractivity contribution in [1.82, 2.24) is 5.32 Å². The fourth-order valence-electron chi connectivity index (χ4n) is 2.69. The van der Waals surface area contributed by atoms with Gasteiger partial charge in [-0.15, -0.1) is 0 Å². The molecule has 0 saturated heterocycles. The molecule has 0 aromatic heterocycles. The molecular weight excluding hydrogens is 342 g/mol. The van der Waals surface area contributed by atoms with Gasteiger partial charge in [0.1, 0.15) is 12.6 Å². The number of nitrogens with one attached hydrogen (secondary N) is 1. The van der Waals surface area contributed by atoms with Crippen molar-refractivity contribution < 1.29 is 19.1 Å². The topological polar surface area (TPSA) is 64.6 Å². The molecule has 1 N–H and O–H groups in total. The molecule has 0 aliphatic carbocycles. The first-order valence-corrected chi connectivity index (χ1v) is 9.92. The number of ether oxygens (including phenoxy) is 2. The summed E-state index contributed by atoms with van der Waals surface area (Å²) >= 11 is 0. The molecule has 1 aromatic carbocycles. The van der Waals surface area contributed by atoms with E-state index in [1.807, 2.05) is 30.3 Å². The third kappa shape index (κ3) is 11.1. The van der Waals surface area contributed by atoms with E-state index < -0.39 is 18.1 Å². The highest BCUT2D eigenvalue weighted by molar-refractivity contribution is 5.81. The van der Waals surface area contributed by atoms with Crippen LogP contribution in [0.4, 0.5) is 4.79 Å². The van der Waals surface area contributed by atoms with Crippen LogP contribution in [-0.4, -0.2) is 31.3 Å². The van der Waals surface area contributed by atoms with Gasteiger partial charge in [0.15, 0.2) is 0 Å². The van der Waals surface area contributed by atoms with Crippen molar-refractivity contribution in [2.24, 2.45) is 0 Å². The van der Waals surface area contributed by atoms with E-state index in [-0.39, 0.29) is 6.61 Å². The van der Waals surface area contributed by atoms with Gasteiger partial charge in [-0.2, -0.15) is 0 Å². The summed E-state index contributed by atoms with van der Waals surface area (Å²) < 4.78 is 10.3. The van der Waals surface area contributed by atoms with Crippen LogP contribution < -0.4 is 5.32 Å². The minimum Gasteiger partial charge on any atom is -0.464 e. The second-order valence-electron chi connectivity index (χ2n) is 6.56. The molecule has 0 saturated carbocycles. The molecule has 1 atom stereocenters. The van der Waals surface area contributed by atoms with E-state index in [9.17, 15) is 9.59 Å². The van der Waals surface area contributed by atoms with Gasteiger partial charge in [0, 0.05) is 6.42 Å². The second-order valence-corrected chi connectivity index (χ2v) is 6.56. The normalized spacial score (nSPS) is 11.4. The summed E-state index contributed by atoms with van der Waals surface area (Å²) in [4.78, 5) is 24.2. The number of rotatable bonds is 14. The van der Waals surface area contributed by atoms with Crippen LogP contribution >= 0.6 is 0 Å². The number of hydrogen-bond donors (Lipinski definition) is 1. The highest BCUT2D eigenvalue weighted by Crippen LogP contribution is 2.08. The summed E-state index contributed by atoms with van der Waals surface area (Å²) in [6.07, 6.45) is 9.27. The molecule has 150 valence electrons. The largest absolute Gasteiger partial charge is 0.464 e. The summed E-state index contributed by atoms with van der Waals surface area (Å²) in [6, 6.07) is 8.75. The predicted molar refractivity (Wildman–Crippen MR) is 108 cm³/mol. The number of hydrogen-bond acceptors (Lipinski definition) is 4. The Labute approximate surface area is 163 Å². The third-order valence-corrected chi connectivity index (χ3v) is 4.18. The molecule has 1 aromatic rings. The lowest BCUT2D eigenvalue weighted by molar-refractivity contribution is -0.146. The van der Waals surface area contributed by atoms with Gasteiger partial charge in [-0.1, -0.05) is 88.4 Å². The average molecular weight is 376 g/mol. The minimum atomic E-state index is -0.769. The van der Waals surface area contributed by atoms with Crippen LogP contribution in [0.5, 0.6) is 0 Å². The molecule has 0 aliphatic rings. The summed E-state index contributed by atoms with van der Waals surface area (Å²) in [7, 11) is 0. The molecule has 5 heteroatoms. The van der Waals surface area contributed by atoms with Crippen molar-refractivity contribution in [3.8, 4) is 0 Å². The van der Waals surface area contributed by atoms with Crippen LogP contribution in [0.25, 0.3) is 0 Å². The Morgan fingerprint density at radius 2 is 1.70 bits per heavy atom. The first-order chi connectivity index (χ1) is 13.2. The van der Waals surface area contributed by atoms with Gasteiger partial charge in [-0.05, 0) is 12.0 Å². The van der Waals surface area contributed by atoms with Crippen LogP contribution in [0.1, 0.15) is 57.4 Å². The predicted octanol–water partition coefficient (Wildman–Crippen LogP) is 4.80. The molecule has 5 nitrogen and oxygen atoms in total. The molecule has 27 heavy (non-hydrogen) atoms. The maximum Gasteiger partial charge on any atom is 0.408 e. The van der Waals surface area contributed by atoms with Crippen LogP contribution in [-0.2, 0) is 20.7 Å². The van der Waals surface area contributed by atoms with Crippen molar-refractivity contribution in [3.63, 3.8) is 0 Å². The fourth-order valence-corrected chi connectivity index (χ4v) is 2.69. The van der Waals surface area contributed by atoms with Gasteiger partial charge in [-0.3, -0.25) is 0 Å². The summed E-state index contributed by atoms with van der Waals surface area (Å²) in [5, 5.41) is 2.59. The van der Waals surface area contributed by atoms with Gasteiger partial charge < -0.3 is 14.8 Å². The van der Waals surface area contributed by atoms with Gasteiger partial charge >= 0.3 is 12.1 Å². The Balaban J connectivity index is 2.42. The average Bonchev–Trinajstić information content (AvgIpc) is 2.68. The third-order valence-electron chi connectivity index (χ3n) is 4.18. The van der Waals surface area contributed by atoms with E-state index in [2.05, 4.69) is 18.8 Å². The molecule has 0 bridgehead atoms. The molecule has 0 fully saturated rings. The zero-order chi connectivity index (χ0) is 19.7. The van der Waals surface area contributed by atoms with Crippen molar-refractivity contribution in [2.75, 3.05) is 13.2 Å². The Hall–Kier alpha value is -2.30. The van der Waals surface area contributed by atoms with Gasteiger partial charge in [-0.25, -0.2) is 9.59 Å². The Bertz CT molecular complexity index is 545. The maximum atomic E-state index is 12.4. The van der Waals surface area contributed by atoms with Crippen LogP contribution in [0.3, 0.4) is 0 Å². The highest BCUT2D eigenvalue weighted by atomic mass is 16.6. The van der Waals surface area contributed by atoms with Crippen LogP contribution in [0.2, 0.25) is 0 Å². The van der Waals surface area contributed by atoms with Gasteiger partial charge in [0.05, 0.1) is 6.61 Å². The first-order valence-electron chi connectivity index (χ1n) is 9.92. The minimum absolute atomic E-state index is 0.0942. The number of esters is 1. The summed E-state index contributed by atoms with van der Waals surface area (Å²) in [5.74, 6) is -0.430. The number of unbranched alkanes of at least 4 members (excludes halogenated alkanes) is 6. The molecule has 1 unspecified atom stereocenters. The molecule has 0 aliphatic heterocycles. The quantitative estimate of drug-likeness (QED) is 0.288. The molecule has 0 spiro atoms. The van der Waals surface area contributed by atoms with Crippen LogP contribution in [0, 0.1) is 0 Å². The lowest BCUT2D eigenvalue weighted by Gasteiger charge is -2.17. The van der Waals surface area contributed by atoms with E-state index in [0.29, 0.717) is 13.0 Å². The number of amides is 1.